The molecule has 1 amide bonds. The van der Waals surface area contributed by atoms with Crippen LogP contribution in [0.15, 0.2) is 70.4 Å². The first-order valence-electron chi connectivity index (χ1n) is 7.13. The number of aryl methyl sites for hydroxylation is 1. The zero-order valence-corrected chi connectivity index (χ0v) is 12.6. The minimum Gasteiger partial charge on any atom is -0.455 e. The van der Waals surface area contributed by atoms with Crippen molar-refractivity contribution in [1.29, 1.82) is 0 Å². The van der Waals surface area contributed by atoms with Crippen LogP contribution >= 0.6 is 0 Å². The number of hydrogen-bond donors (Lipinski definition) is 1. The van der Waals surface area contributed by atoms with E-state index < -0.39 is 0 Å². The van der Waals surface area contributed by atoms with Crippen molar-refractivity contribution in [3.63, 3.8) is 0 Å². The van der Waals surface area contributed by atoms with Crippen LogP contribution in [-0.4, -0.2) is 17.1 Å². The number of carbonyl (C=O) groups is 1. The fourth-order valence-electron chi connectivity index (χ4n) is 2.02. The number of hydrogen-bond acceptors (Lipinski definition) is 4. The Morgan fingerprint density at radius 1 is 1.09 bits per heavy atom. The lowest BCUT2D eigenvalue weighted by Gasteiger charge is -1.98. The summed E-state index contributed by atoms with van der Waals surface area (Å²) in [5.41, 5.74) is 5.14. The molecule has 3 rings (SSSR count). The molecule has 0 spiro atoms. The maximum absolute atomic E-state index is 11.8. The van der Waals surface area contributed by atoms with Crippen molar-refractivity contribution in [2.45, 2.75) is 6.92 Å². The summed E-state index contributed by atoms with van der Waals surface area (Å²) >= 11 is 0. The van der Waals surface area contributed by atoms with Crippen LogP contribution in [0.2, 0.25) is 0 Å². The van der Waals surface area contributed by atoms with E-state index in [1.165, 1.54) is 11.8 Å². The number of carbonyl (C=O) groups excluding carboxylic acids is 1. The van der Waals surface area contributed by atoms with Gasteiger partial charge in [-0.05, 0) is 31.2 Å². The molecule has 0 aliphatic heterocycles. The van der Waals surface area contributed by atoms with Gasteiger partial charge in [0.15, 0.2) is 0 Å². The maximum atomic E-state index is 11.8. The lowest BCUT2D eigenvalue weighted by atomic mass is 10.1. The van der Waals surface area contributed by atoms with Crippen molar-refractivity contribution in [1.82, 2.24) is 10.4 Å². The summed E-state index contributed by atoms with van der Waals surface area (Å²) in [5, 5.41) is 3.90. The van der Waals surface area contributed by atoms with Crippen molar-refractivity contribution in [2.24, 2.45) is 5.10 Å². The van der Waals surface area contributed by atoms with E-state index in [0.29, 0.717) is 11.3 Å². The summed E-state index contributed by atoms with van der Waals surface area (Å²) in [6.07, 6.45) is 4.58. The summed E-state index contributed by atoms with van der Waals surface area (Å²) in [6, 6.07) is 15.0. The van der Waals surface area contributed by atoms with Gasteiger partial charge in [-0.25, -0.2) is 5.43 Å². The zero-order valence-electron chi connectivity index (χ0n) is 12.6. The highest BCUT2D eigenvalue weighted by Crippen LogP contribution is 2.21. The Hall–Kier alpha value is -3.21. The highest BCUT2D eigenvalue weighted by atomic mass is 16.3. The van der Waals surface area contributed by atoms with Gasteiger partial charge in [-0.2, -0.15) is 5.10 Å². The molecule has 3 aromatic rings. The second kappa shape index (κ2) is 6.70. The molecule has 2 aromatic heterocycles. The van der Waals surface area contributed by atoms with E-state index in [9.17, 15) is 4.79 Å². The number of benzene rings is 1. The zero-order chi connectivity index (χ0) is 16.1. The molecule has 5 nitrogen and oxygen atoms in total. The number of amides is 1. The molecule has 23 heavy (non-hydrogen) atoms. The van der Waals surface area contributed by atoms with Gasteiger partial charge in [0.2, 0.25) is 0 Å². The third-order valence-electron chi connectivity index (χ3n) is 3.26. The van der Waals surface area contributed by atoms with Gasteiger partial charge in [0.25, 0.3) is 5.91 Å². The topological polar surface area (TPSA) is 67.5 Å². The van der Waals surface area contributed by atoms with Gasteiger partial charge in [0.05, 0.1) is 6.21 Å². The first kappa shape index (κ1) is 14.7. The second-order valence-electron chi connectivity index (χ2n) is 5.00. The van der Waals surface area contributed by atoms with E-state index in [1.807, 2.05) is 37.3 Å². The molecule has 0 aliphatic carbocycles. The summed E-state index contributed by atoms with van der Waals surface area (Å²) in [5.74, 6) is 1.02. The van der Waals surface area contributed by atoms with E-state index in [1.54, 1.807) is 30.6 Å². The third kappa shape index (κ3) is 3.71. The predicted octanol–water partition coefficient (Wildman–Crippen LogP) is 3.41. The van der Waals surface area contributed by atoms with Gasteiger partial charge < -0.3 is 4.42 Å². The Labute approximate surface area is 133 Å². The van der Waals surface area contributed by atoms with E-state index >= 15 is 0 Å². The van der Waals surface area contributed by atoms with Crippen LogP contribution in [0, 0.1) is 6.92 Å². The Balaban J connectivity index is 1.65. The fraction of sp³-hybridized carbons (Fsp3) is 0.0556. The molecule has 0 atom stereocenters. The smallest absolute Gasteiger partial charge is 0.271 e. The largest absolute Gasteiger partial charge is 0.455 e. The van der Waals surface area contributed by atoms with Gasteiger partial charge in [-0.15, -0.1) is 0 Å². The standard InChI is InChI=1S/C18H15N3O2/c1-13-2-4-14(5-3-13)17-7-6-16(23-17)12-20-21-18(22)15-8-10-19-11-9-15/h2-12H,1H3,(H,21,22)/b20-12+. The molecule has 0 fully saturated rings. The Bertz CT molecular complexity index is 821. The molecule has 2 heterocycles. The number of nitrogens with one attached hydrogen (secondary N) is 1. The molecule has 0 saturated heterocycles. The molecule has 0 unspecified atom stereocenters. The van der Waals surface area contributed by atoms with Crippen LogP contribution < -0.4 is 5.43 Å². The highest BCUT2D eigenvalue weighted by molar-refractivity contribution is 5.94. The molecular weight excluding hydrogens is 290 g/mol. The Kier molecular flexibility index (Phi) is 4.29. The SMILES string of the molecule is Cc1ccc(-c2ccc(/C=N/NC(=O)c3ccncc3)o2)cc1. The summed E-state index contributed by atoms with van der Waals surface area (Å²) in [7, 11) is 0. The molecule has 114 valence electrons. The molecule has 5 heteroatoms. The highest BCUT2D eigenvalue weighted by Gasteiger charge is 2.04. The molecule has 0 radical (unpaired) electrons. The van der Waals surface area contributed by atoms with Gasteiger partial charge >= 0.3 is 0 Å². The molecule has 0 saturated carbocycles. The monoisotopic (exact) mass is 305 g/mol. The number of pyridine rings is 1. The van der Waals surface area contributed by atoms with Crippen molar-refractivity contribution in [3.05, 3.63) is 77.8 Å². The van der Waals surface area contributed by atoms with Crippen molar-refractivity contribution in [3.8, 4) is 11.3 Å². The van der Waals surface area contributed by atoms with Crippen molar-refractivity contribution in [2.75, 3.05) is 0 Å². The number of aromatic nitrogens is 1. The molecule has 0 aliphatic rings. The van der Waals surface area contributed by atoms with E-state index in [4.69, 9.17) is 4.42 Å². The van der Waals surface area contributed by atoms with E-state index in [2.05, 4.69) is 15.5 Å². The van der Waals surface area contributed by atoms with Crippen LogP contribution in [0.1, 0.15) is 21.7 Å². The second-order valence-corrected chi connectivity index (χ2v) is 5.00. The van der Waals surface area contributed by atoms with Gasteiger partial charge in [0, 0.05) is 23.5 Å². The Morgan fingerprint density at radius 2 is 1.83 bits per heavy atom. The minimum atomic E-state index is -0.297. The predicted molar refractivity (Wildman–Crippen MR) is 88.2 cm³/mol. The van der Waals surface area contributed by atoms with Crippen LogP contribution in [0.4, 0.5) is 0 Å². The molecular formula is C18H15N3O2. The van der Waals surface area contributed by atoms with E-state index in [-0.39, 0.29) is 5.91 Å². The van der Waals surface area contributed by atoms with Gasteiger partial charge in [0.1, 0.15) is 11.5 Å². The van der Waals surface area contributed by atoms with Gasteiger partial charge in [-0.3, -0.25) is 9.78 Å². The first-order valence-corrected chi connectivity index (χ1v) is 7.13. The number of nitrogens with zero attached hydrogens (tertiary/aromatic N) is 2. The normalized spacial score (nSPS) is 10.8. The van der Waals surface area contributed by atoms with Gasteiger partial charge in [-0.1, -0.05) is 29.8 Å². The number of rotatable bonds is 4. The molecule has 1 N–H and O–H groups in total. The lowest BCUT2D eigenvalue weighted by Crippen LogP contribution is -2.17. The summed E-state index contributed by atoms with van der Waals surface area (Å²) in [6.45, 7) is 2.04. The van der Waals surface area contributed by atoms with Crippen LogP contribution in [0.3, 0.4) is 0 Å². The van der Waals surface area contributed by atoms with E-state index in [0.717, 1.165) is 11.3 Å². The van der Waals surface area contributed by atoms with Crippen LogP contribution in [0.25, 0.3) is 11.3 Å². The average Bonchev–Trinajstić information content (AvgIpc) is 3.05. The molecule has 1 aromatic carbocycles. The molecule has 0 bridgehead atoms. The third-order valence-corrected chi connectivity index (χ3v) is 3.26. The fourth-order valence-corrected chi connectivity index (χ4v) is 2.02. The number of furan rings is 1. The quantitative estimate of drug-likeness (QED) is 0.593. The van der Waals surface area contributed by atoms with Crippen molar-refractivity contribution >= 4 is 12.1 Å². The average molecular weight is 305 g/mol. The minimum absolute atomic E-state index is 0.297. The number of hydrazone groups is 1. The van der Waals surface area contributed by atoms with Crippen molar-refractivity contribution < 1.29 is 9.21 Å². The van der Waals surface area contributed by atoms with Crippen LogP contribution in [-0.2, 0) is 0 Å². The summed E-state index contributed by atoms with van der Waals surface area (Å²) in [4.78, 5) is 15.7. The maximum Gasteiger partial charge on any atom is 0.271 e. The van der Waals surface area contributed by atoms with Crippen LogP contribution in [0.5, 0.6) is 0 Å². The lowest BCUT2D eigenvalue weighted by molar-refractivity contribution is 0.0955. The first-order chi connectivity index (χ1) is 11.2. The summed E-state index contributed by atoms with van der Waals surface area (Å²) < 4.78 is 5.69. The Morgan fingerprint density at radius 3 is 2.57 bits per heavy atom.